The molecule has 2 aromatic carbocycles. The average Bonchev–Trinajstić information content (AvgIpc) is 2.75. The molecular weight excluding hydrogens is 354 g/mol. The van der Waals surface area contributed by atoms with Gasteiger partial charge in [-0.15, -0.1) is 0 Å². The maximum absolute atomic E-state index is 12.8. The predicted octanol–water partition coefficient (Wildman–Crippen LogP) is 3.87. The van der Waals surface area contributed by atoms with Crippen LogP contribution in [0.4, 0.5) is 0 Å². The minimum atomic E-state index is 0.0873. The molecule has 3 rings (SSSR count). The van der Waals surface area contributed by atoms with E-state index in [9.17, 15) is 4.79 Å². The van der Waals surface area contributed by atoms with Crippen LogP contribution in [0.5, 0.6) is 11.5 Å². The molecule has 1 heterocycles. The minimum absolute atomic E-state index is 0.0873. The number of rotatable bonds is 7. The smallest absolute Gasteiger partial charge is 0.226 e. The van der Waals surface area contributed by atoms with Crippen molar-refractivity contribution in [2.45, 2.75) is 25.4 Å². The van der Waals surface area contributed by atoms with Crippen LogP contribution in [0.15, 0.2) is 48.5 Å². The maximum atomic E-state index is 12.8. The Labute approximate surface area is 167 Å². The van der Waals surface area contributed by atoms with Crippen LogP contribution >= 0.6 is 0 Å². The molecule has 1 saturated heterocycles. The van der Waals surface area contributed by atoms with E-state index in [0.29, 0.717) is 23.8 Å². The second kappa shape index (κ2) is 9.60. The largest absolute Gasteiger partial charge is 0.493 e. The Morgan fingerprint density at radius 1 is 1.00 bits per heavy atom. The van der Waals surface area contributed by atoms with E-state index in [-0.39, 0.29) is 12.0 Å². The van der Waals surface area contributed by atoms with Gasteiger partial charge >= 0.3 is 0 Å². The molecule has 150 valence electrons. The molecule has 1 unspecified atom stereocenters. The summed E-state index contributed by atoms with van der Waals surface area (Å²) in [6.45, 7) is 1.53. The van der Waals surface area contributed by atoms with E-state index < -0.39 is 0 Å². The molecule has 0 aromatic heterocycles. The first-order valence-corrected chi connectivity index (χ1v) is 9.72. The molecule has 0 N–H and O–H groups in total. The molecule has 5 nitrogen and oxygen atoms in total. The normalized spacial score (nSPS) is 15.9. The van der Waals surface area contributed by atoms with Gasteiger partial charge in [-0.3, -0.25) is 4.79 Å². The third kappa shape index (κ3) is 4.65. The number of amides is 1. The average molecular weight is 383 g/mol. The Morgan fingerprint density at radius 3 is 2.29 bits per heavy atom. The molecule has 2 aromatic rings. The van der Waals surface area contributed by atoms with Crippen LogP contribution in [0.3, 0.4) is 0 Å². The number of hydrogen-bond donors (Lipinski definition) is 0. The van der Waals surface area contributed by atoms with Crippen molar-refractivity contribution >= 4 is 5.91 Å². The highest BCUT2D eigenvalue weighted by atomic mass is 16.5. The summed E-state index contributed by atoms with van der Waals surface area (Å²) >= 11 is 0. The quantitative estimate of drug-likeness (QED) is 0.728. The van der Waals surface area contributed by atoms with Gasteiger partial charge in [0.15, 0.2) is 11.5 Å². The molecule has 1 aliphatic heterocycles. The second-order valence-corrected chi connectivity index (χ2v) is 7.15. The molecule has 0 aliphatic carbocycles. The van der Waals surface area contributed by atoms with Gasteiger partial charge in [-0.25, -0.2) is 0 Å². The number of nitrogens with zero attached hydrogens (tertiary/aromatic N) is 1. The standard InChI is InChI=1S/C23H29NO4/c1-26-20-10-9-17(15-21(20)27-2)16-22(25)24-13-11-19(12-14-24)23(28-3)18-7-5-4-6-8-18/h4-10,15,19,23H,11-14,16H2,1-3H3. The van der Waals surface area contributed by atoms with Crippen molar-refractivity contribution in [3.63, 3.8) is 0 Å². The number of benzene rings is 2. The van der Waals surface area contributed by atoms with Gasteiger partial charge in [0.2, 0.25) is 5.91 Å². The van der Waals surface area contributed by atoms with Crippen molar-refractivity contribution in [1.82, 2.24) is 4.90 Å². The van der Waals surface area contributed by atoms with Crippen LogP contribution < -0.4 is 9.47 Å². The summed E-state index contributed by atoms with van der Waals surface area (Å²) in [5.41, 5.74) is 2.14. The molecule has 0 bridgehead atoms. The highest BCUT2D eigenvalue weighted by Crippen LogP contribution is 2.33. The highest BCUT2D eigenvalue weighted by molar-refractivity contribution is 5.79. The number of carbonyl (C=O) groups excluding carboxylic acids is 1. The van der Waals surface area contributed by atoms with Gasteiger partial charge < -0.3 is 19.1 Å². The molecule has 5 heteroatoms. The second-order valence-electron chi connectivity index (χ2n) is 7.15. The number of carbonyl (C=O) groups is 1. The SMILES string of the molecule is COc1ccc(CC(=O)N2CCC(C(OC)c3ccccc3)CC2)cc1OC. The molecule has 28 heavy (non-hydrogen) atoms. The molecular formula is C23H29NO4. The topological polar surface area (TPSA) is 48.0 Å². The summed E-state index contributed by atoms with van der Waals surface area (Å²) < 4.78 is 16.4. The molecule has 1 atom stereocenters. The van der Waals surface area contributed by atoms with Gasteiger partial charge in [0.25, 0.3) is 0 Å². The van der Waals surface area contributed by atoms with Crippen molar-refractivity contribution in [2.24, 2.45) is 5.92 Å². The molecule has 0 radical (unpaired) electrons. The summed E-state index contributed by atoms with van der Waals surface area (Å²) in [6.07, 6.45) is 2.36. The van der Waals surface area contributed by atoms with E-state index in [4.69, 9.17) is 14.2 Å². The minimum Gasteiger partial charge on any atom is -0.493 e. The van der Waals surface area contributed by atoms with Gasteiger partial charge in [-0.1, -0.05) is 36.4 Å². The van der Waals surface area contributed by atoms with Gasteiger partial charge in [0.05, 0.1) is 26.7 Å². The Balaban J connectivity index is 1.58. The lowest BCUT2D eigenvalue weighted by Crippen LogP contribution is -2.40. The maximum Gasteiger partial charge on any atom is 0.226 e. The summed E-state index contributed by atoms with van der Waals surface area (Å²) in [5, 5.41) is 0. The zero-order chi connectivity index (χ0) is 19.9. The fraction of sp³-hybridized carbons (Fsp3) is 0.435. The Hall–Kier alpha value is -2.53. The first-order chi connectivity index (χ1) is 13.7. The molecule has 0 saturated carbocycles. The third-order valence-corrected chi connectivity index (χ3v) is 5.51. The van der Waals surface area contributed by atoms with E-state index in [1.165, 1.54) is 5.56 Å². The summed E-state index contributed by atoms with van der Waals surface area (Å²) in [6, 6.07) is 16.0. The van der Waals surface area contributed by atoms with Gasteiger partial charge in [-0.2, -0.15) is 0 Å². The third-order valence-electron chi connectivity index (χ3n) is 5.51. The fourth-order valence-electron chi connectivity index (χ4n) is 3.97. The van der Waals surface area contributed by atoms with Crippen LogP contribution in [0.1, 0.15) is 30.1 Å². The van der Waals surface area contributed by atoms with Crippen molar-refractivity contribution < 1.29 is 19.0 Å². The number of methoxy groups -OCH3 is 3. The first-order valence-electron chi connectivity index (χ1n) is 9.72. The molecule has 1 aliphatic rings. The van der Waals surface area contributed by atoms with Crippen LogP contribution in [0.25, 0.3) is 0 Å². The molecule has 1 amide bonds. The molecule has 1 fully saturated rings. The number of likely N-dealkylation sites (tertiary alicyclic amines) is 1. The van der Waals surface area contributed by atoms with Crippen LogP contribution in [-0.4, -0.2) is 45.2 Å². The van der Waals surface area contributed by atoms with Gasteiger partial charge in [-0.05, 0) is 42.0 Å². The van der Waals surface area contributed by atoms with E-state index >= 15 is 0 Å². The Kier molecular flexibility index (Phi) is 6.93. The summed E-state index contributed by atoms with van der Waals surface area (Å²) in [4.78, 5) is 14.7. The lowest BCUT2D eigenvalue weighted by molar-refractivity contribution is -0.132. The van der Waals surface area contributed by atoms with Crippen molar-refractivity contribution in [2.75, 3.05) is 34.4 Å². The van der Waals surface area contributed by atoms with Crippen molar-refractivity contribution in [3.8, 4) is 11.5 Å². The number of piperidine rings is 1. The fourth-order valence-corrected chi connectivity index (χ4v) is 3.97. The van der Waals surface area contributed by atoms with Crippen molar-refractivity contribution in [1.29, 1.82) is 0 Å². The van der Waals surface area contributed by atoms with E-state index in [0.717, 1.165) is 31.5 Å². The lowest BCUT2D eigenvalue weighted by atomic mass is 9.87. The molecule has 0 spiro atoms. The summed E-state index contributed by atoms with van der Waals surface area (Å²) in [7, 11) is 4.98. The number of hydrogen-bond acceptors (Lipinski definition) is 4. The number of ether oxygens (including phenoxy) is 3. The monoisotopic (exact) mass is 383 g/mol. The van der Waals surface area contributed by atoms with E-state index in [1.54, 1.807) is 21.3 Å². The Morgan fingerprint density at radius 2 is 1.68 bits per heavy atom. The lowest BCUT2D eigenvalue weighted by Gasteiger charge is -2.35. The van der Waals surface area contributed by atoms with Gasteiger partial charge in [0, 0.05) is 20.2 Å². The van der Waals surface area contributed by atoms with E-state index in [2.05, 4.69) is 12.1 Å². The highest BCUT2D eigenvalue weighted by Gasteiger charge is 2.29. The van der Waals surface area contributed by atoms with Gasteiger partial charge in [0.1, 0.15) is 0 Å². The Bertz CT molecular complexity index is 769. The van der Waals surface area contributed by atoms with Crippen LogP contribution in [0.2, 0.25) is 0 Å². The van der Waals surface area contributed by atoms with Crippen LogP contribution in [0, 0.1) is 5.92 Å². The van der Waals surface area contributed by atoms with Crippen molar-refractivity contribution in [3.05, 3.63) is 59.7 Å². The van der Waals surface area contributed by atoms with Crippen LogP contribution in [-0.2, 0) is 16.0 Å². The zero-order valence-corrected chi connectivity index (χ0v) is 16.9. The zero-order valence-electron chi connectivity index (χ0n) is 16.9. The predicted molar refractivity (Wildman–Crippen MR) is 109 cm³/mol. The first kappa shape index (κ1) is 20.2. The summed E-state index contributed by atoms with van der Waals surface area (Å²) in [5.74, 6) is 1.90. The van der Waals surface area contributed by atoms with E-state index in [1.807, 2.05) is 41.3 Å².